The second-order valence-electron chi connectivity index (χ2n) is 19.7. The largest absolute Gasteiger partial charge is 0.456 e. The smallest absolute Gasteiger partial charge is 0.137 e. The monoisotopic (exact) mass is 1030 g/mol. The van der Waals surface area contributed by atoms with Gasteiger partial charge in [-0.3, -0.25) is 0 Å². The summed E-state index contributed by atoms with van der Waals surface area (Å²) in [4.78, 5) is 9.64. The van der Waals surface area contributed by atoms with Crippen LogP contribution in [0.2, 0.25) is 0 Å². The molecule has 0 N–H and O–H groups in total. The maximum atomic E-state index is 6.67. The summed E-state index contributed by atoms with van der Waals surface area (Å²) < 4.78 is 9.26. The second-order valence-corrected chi connectivity index (χ2v) is 21.8. The third-order valence-corrected chi connectivity index (χ3v) is 17.4. The lowest BCUT2D eigenvalue weighted by Crippen LogP contribution is -2.18. The molecule has 0 unspecified atom stereocenters. The van der Waals surface area contributed by atoms with E-state index in [1.807, 2.05) is 29.2 Å². The Balaban J connectivity index is 0.967. The summed E-state index contributed by atoms with van der Waals surface area (Å²) in [5.74, 6) is 0. The van der Waals surface area contributed by atoms with Gasteiger partial charge >= 0.3 is 0 Å². The SMILES string of the molecule is c1ccc(-c2ccc(N(c3ccc(-c4ccccc4)cc3)c3cc(N(c4ccc(-c5cccc6c5sc5ccccc56)cc4)c4ccc5c(c4)oc4ccccc45)cc(N4c5ccccc5Sc5ccccc54)c3)cc2)cc1. The van der Waals surface area contributed by atoms with E-state index in [1.165, 1.54) is 52.2 Å². The van der Waals surface area contributed by atoms with Crippen molar-refractivity contribution in [2.75, 3.05) is 14.7 Å². The molecule has 78 heavy (non-hydrogen) atoms. The van der Waals surface area contributed by atoms with E-state index in [1.54, 1.807) is 0 Å². The van der Waals surface area contributed by atoms with Crippen LogP contribution in [0.25, 0.3) is 75.5 Å². The van der Waals surface area contributed by atoms with E-state index < -0.39 is 0 Å². The van der Waals surface area contributed by atoms with Gasteiger partial charge in [-0.2, -0.15) is 0 Å². The molecule has 3 heterocycles. The quantitative estimate of drug-likeness (QED) is 0.136. The Morgan fingerprint density at radius 2 is 0.782 bits per heavy atom. The fourth-order valence-electron chi connectivity index (χ4n) is 11.3. The number of anilines is 9. The molecular weight excluding hydrogens is 987 g/mol. The highest BCUT2D eigenvalue weighted by molar-refractivity contribution is 7.99. The van der Waals surface area contributed by atoms with Crippen molar-refractivity contribution < 1.29 is 4.42 Å². The lowest BCUT2D eigenvalue weighted by Gasteiger charge is -2.35. The molecule has 0 radical (unpaired) electrons. The summed E-state index contributed by atoms with van der Waals surface area (Å²) >= 11 is 3.68. The molecule has 0 spiro atoms. The second kappa shape index (κ2) is 19.2. The Labute approximate surface area is 461 Å². The molecule has 15 rings (SSSR count). The van der Waals surface area contributed by atoms with Crippen molar-refractivity contribution in [1.29, 1.82) is 0 Å². The van der Waals surface area contributed by atoms with Gasteiger partial charge in [0.1, 0.15) is 11.2 Å². The summed E-state index contributed by atoms with van der Waals surface area (Å²) in [6, 6.07) is 103. The van der Waals surface area contributed by atoms with E-state index >= 15 is 0 Å². The molecule has 0 fully saturated rings. The topological polar surface area (TPSA) is 22.9 Å². The minimum absolute atomic E-state index is 0.831. The summed E-state index contributed by atoms with van der Waals surface area (Å²) in [5, 5.41) is 4.76. The van der Waals surface area contributed by atoms with Crippen molar-refractivity contribution in [3.8, 4) is 33.4 Å². The predicted octanol–water partition coefficient (Wildman–Crippen LogP) is 21.8. The summed E-state index contributed by atoms with van der Waals surface area (Å²) in [5.41, 5.74) is 18.1. The number of fused-ring (bicyclic) bond motifs is 8. The fourth-order valence-corrected chi connectivity index (χ4v) is 13.6. The molecule has 0 aliphatic carbocycles. The Bertz CT molecular complexity index is 4400. The first-order chi connectivity index (χ1) is 38.6. The molecule has 4 nitrogen and oxygen atoms in total. The first-order valence-electron chi connectivity index (χ1n) is 26.3. The Kier molecular flexibility index (Phi) is 11.3. The maximum absolute atomic E-state index is 6.67. The minimum Gasteiger partial charge on any atom is -0.456 e. The number of rotatable bonds is 10. The molecule has 12 aromatic carbocycles. The van der Waals surface area contributed by atoms with Crippen molar-refractivity contribution >= 4 is 116 Å². The van der Waals surface area contributed by atoms with E-state index in [0.29, 0.717) is 0 Å². The molecule has 0 amide bonds. The number of hydrogen-bond donors (Lipinski definition) is 0. The van der Waals surface area contributed by atoms with Crippen LogP contribution in [0.1, 0.15) is 0 Å². The fraction of sp³-hybridized carbons (Fsp3) is 0. The van der Waals surface area contributed by atoms with E-state index in [-0.39, 0.29) is 0 Å². The number of para-hydroxylation sites is 3. The van der Waals surface area contributed by atoms with Crippen molar-refractivity contribution in [1.82, 2.24) is 0 Å². The number of furan rings is 1. The zero-order chi connectivity index (χ0) is 51.5. The van der Waals surface area contributed by atoms with Crippen molar-refractivity contribution in [2.24, 2.45) is 0 Å². The van der Waals surface area contributed by atoms with E-state index in [0.717, 1.165) is 84.3 Å². The van der Waals surface area contributed by atoms with Gasteiger partial charge in [0, 0.05) is 69.6 Å². The van der Waals surface area contributed by atoms with Crippen LogP contribution in [0.3, 0.4) is 0 Å². The zero-order valence-electron chi connectivity index (χ0n) is 42.2. The van der Waals surface area contributed by atoms with Gasteiger partial charge in [0.25, 0.3) is 0 Å². The van der Waals surface area contributed by atoms with Gasteiger partial charge in [0.15, 0.2) is 0 Å². The standard InChI is InChI=1S/C72H47N3OS2/c1-3-16-48(17-4-1)50-30-36-53(37-31-50)73(54-38-32-51(33-39-54)49-18-5-2-6-19-49)57-44-58(46-59(45-57)75-65-24-9-13-28-70(65)77-71-29-14-10-25-66(71)75)74(56-42-43-62-61-20-7-11-26-67(61)76-68(62)47-56)55-40-34-52(35-41-55)60-22-15-23-64-63-21-8-12-27-69(63)78-72(60)64/h1-47H. The molecule has 0 bridgehead atoms. The highest BCUT2D eigenvalue weighted by atomic mass is 32.2. The van der Waals surface area contributed by atoms with E-state index in [9.17, 15) is 0 Å². The first kappa shape index (κ1) is 45.8. The lowest BCUT2D eigenvalue weighted by atomic mass is 10.0. The van der Waals surface area contributed by atoms with Crippen LogP contribution in [0.15, 0.2) is 299 Å². The summed E-state index contributed by atoms with van der Waals surface area (Å²) in [7, 11) is 0. The van der Waals surface area contributed by atoms with Gasteiger partial charge in [0.05, 0.1) is 28.4 Å². The van der Waals surface area contributed by atoms with Gasteiger partial charge < -0.3 is 19.1 Å². The number of hydrogen-bond acceptors (Lipinski definition) is 6. The Hall–Kier alpha value is -9.59. The highest BCUT2D eigenvalue weighted by Gasteiger charge is 2.28. The minimum atomic E-state index is 0.831. The average Bonchev–Trinajstić information content (AvgIpc) is 4.23. The Morgan fingerprint density at radius 3 is 1.41 bits per heavy atom. The molecule has 1 aliphatic heterocycles. The molecule has 6 heteroatoms. The molecule has 368 valence electrons. The third kappa shape index (κ3) is 8.09. The van der Waals surface area contributed by atoms with Crippen LogP contribution in [0, 0.1) is 0 Å². The van der Waals surface area contributed by atoms with Gasteiger partial charge in [-0.1, -0.05) is 188 Å². The van der Waals surface area contributed by atoms with Crippen LogP contribution in [-0.2, 0) is 0 Å². The molecule has 2 aromatic heterocycles. The summed E-state index contributed by atoms with van der Waals surface area (Å²) in [6.45, 7) is 0. The zero-order valence-corrected chi connectivity index (χ0v) is 43.8. The van der Waals surface area contributed by atoms with Gasteiger partial charge in [-0.05, 0) is 137 Å². The molecule has 0 atom stereocenters. The van der Waals surface area contributed by atoms with Crippen LogP contribution in [-0.4, -0.2) is 0 Å². The third-order valence-electron chi connectivity index (χ3n) is 15.0. The van der Waals surface area contributed by atoms with Crippen molar-refractivity contribution in [3.63, 3.8) is 0 Å². The van der Waals surface area contributed by atoms with Crippen LogP contribution in [0.4, 0.5) is 51.2 Å². The maximum Gasteiger partial charge on any atom is 0.137 e. The van der Waals surface area contributed by atoms with E-state index in [4.69, 9.17) is 4.42 Å². The van der Waals surface area contributed by atoms with Crippen molar-refractivity contribution in [2.45, 2.75) is 9.79 Å². The molecule has 0 saturated carbocycles. The average molecular weight is 1030 g/mol. The van der Waals surface area contributed by atoms with Gasteiger partial charge in [-0.15, -0.1) is 11.3 Å². The molecule has 14 aromatic rings. The summed E-state index contributed by atoms with van der Waals surface area (Å²) in [6.07, 6.45) is 0. The number of benzene rings is 12. The predicted molar refractivity (Wildman–Crippen MR) is 331 cm³/mol. The normalized spacial score (nSPS) is 12.0. The van der Waals surface area contributed by atoms with Crippen molar-refractivity contribution in [3.05, 3.63) is 285 Å². The van der Waals surface area contributed by atoms with Gasteiger partial charge in [0.2, 0.25) is 0 Å². The Morgan fingerprint density at radius 1 is 0.308 bits per heavy atom. The van der Waals surface area contributed by atoms with Crippen LogP contribution in [0.5, 0.6) is 0 Å². The van der Waals surface area contributed by atoms with Crippen LogP contribution >= 0.6 is 23.1 Å². The highest BCUT2D eigenvalue weighted by Crippen LogP contribution is 2.54. The number of thiophene rings is 1. The van der Waals surface area contributed by atoms with E-state index in [2.05, 4.69) is 294 Å². The number of nitrogens with zero attached hydrogens (tertiary/aromatic N) is 3. The molecular formula is C72H47N3OS2. The lowest BCUT2D eigenvalue weighted by molar-refractivity contribution is 0.669. The molecule has 1 aliphatic rings. The van der Waals surface area contributed by atoms with Gasteiger partial charge in [-0.25, -0.2) is 0 Å². The van der Waals surface area contributed by atoms with Crippen LogP contribution < -0.4 is 14.7 Å². The first-order valence-corrected chi connectivity index (χ1v) is 27.9. The molecule has 0 saturated heterocycles.